The number of hydrogen-bond donors (Lipinski definition) is 4. The number of methoxy groups -OCH3 is 1. The first-order valence-electron chi connectivity index (χ1n) is 5.54. The average Bonchev–Trinajstić information content (AvgIpc) is 2.43. The lowest BCUT2D eigenvalue weighted by atomic mass is 10.0. The topological polar surface area (TPSA) is 105 Å². The maximum absolute atomic E-state index is 11.0. The zero-order valence-corrected chi connectivity index (χ0v) is 10.2. The normalized spacial score (nSPS) is 12.0. The Morgan fingerprint density at radius 2 is 2.28 bits per heavy atom. The van der Waals surface area contributed by atoms with E-state index in [1.54, 1.807) is 18.2 Å². The zero-order chi connectivity index (χ0) is 13.5. The molecule has 0 saturated carbocycles. The number of aliphatic hydroxyl groups excluding tert-OH is 2. The third-order valence-corrected chi connectivity index (χ3v) is 2.51. The number of nitrogens with two attached hydrogens (primary N) is 1. The Bertz CT molecular complexity index is 409. The number of carbonyl (C=O) groups is 1. The van der Waals surface area contributed by atoms with Crippen LogP contribution in [0.25, 0.3) is 0 Å². The molecular weight excluding hydrogens is 236 g/mol. The lowest BCUT2D eigenvalue weighted by Gasteiger charge is -2.16. The molecule has 1 amide bonds. The predicted octanol–water partition coefficient (Wildman–Crippen LogP) is -0.704. The second kappa shape index (κ2) is 6.95. The van der Waals surface area contributed by atoms with Crippen LogP contribution in [-0.2, 0) is 11.4 Å². The molecule has 0 aliphatic carbocycles. The Balaban J connectivity index is 2.82. The van der Waals surface area contributed by atoms with Crippen LogP contribution in [0.5, 0.6) is 5.75 Å². The van der Waals surface area contributed by atoms with Crippen molar-refractivity contribution < 1.29 is 19.7 Å². The minimum atomic E-state index is -0.915. The summed E-state index contributed by atoms with van der Waals surface area (Å²) in [5.41, 5.74) is 6.32. The summed E-state index contributed by atoms with van der Waals surface area (Å²) in [7, 11) is 1.49. The highest BCUT2D eigenvalue weighted by atomic mass is 16.5. The molecule has 6 heteroatoms. The van der Waals surface area contributed by atoms with Gasteiger partial charge in [-0.2, -0.15) is 0 Å². The zero-order valence-electron chi connectivity index (χ0n) is 10.2. The van der Waals surface area contributed by atoms with Gasteiger partial charge in [0.2, 0.25) is 5.91 Å². The van der Waals surface area contributed by atoms with E-state index < -0.39 is 6.10 Å². The van der Waals surface area contributed by atoms with Crippen LogP contribution in [0.3, 0.4) is 0 Å². The van der Waals surface area contributed by atoms with Crippen molar-refractivity contribution in [2.75, 3.05) is 20.2 Å². The molecule has 100 valence electrons. The van der Waals surface area contributed by atoms with Gasteiger partial charge < -0.3 is 26.0 Å². The number of carbonyl (C=O) groups excluding carboxylic acids is 1. The molecule has 0 spiro atoms. The minimum absolute atomic E-state index is 0.0429. The summed E-state index contributed by atoms with van der Waals surface area (Å²) in [4.78, 5) is 11.0. The molecule has 0 aliphatic rings. The van der Waals surface area contributed by atoms with E-state index in [4.69, 9.17) is 15.6 Å². The highest BCUT2D eigenvalue weighted by molar-refractivity contribution is 5.77. The van der Waals surface area contributed by atoms with Gasteiger partial charge in [-0.05, 0) is 17.7 Å². The fourth-order valence-corrected chi connectivity index (χ4v) is 1.54. The highest BCUT2D eigenvalue weighted by Gasteiger charge is 2.14. The smallest absolute Gasteiger partial charge is 0.233 e. The van der Waals surface area contributed by atoms with Crippen molar-refractivity contribution >= 4 is 5.91 Å². The van der Waals surface area contributed by atoms with Crippen molar-refractivity contribution in [2.24, 2.45) is 5.73 Å². The van der Waals surface area contributed by atoms with E-state index in [2.05, 4.69) is 5.32 Å². The minimum Gasteiger partial charge on any atom is -0.496 e. The molecule has 0 fully saturated rings. The van der Waals surface area contributed by atoms with E-state index in [0.717, 1.165) is 0 Å². The first-order valence-corrected chi connectivity index (χ1v) is 5.54. The predicted molar refractivity (Wildman–Crippen MR) is 65.9 cm³/mol. The van der Waals surface area contributed by atoms with E-state index in [9.17, 15) is 9.90 Å². The Labute approximate surface area is 105 Å². The quantitative estimate of drug-likeness (QED) is 0.537. The summed E-state index contributed by atoms with van der Waals surface area (Å²) in [6, 6.07) is 5.00. The monoisotopic (exact) mass is 254 g/mol. The first kappa shape index (κ1) is 14.4. The Kier molecular flexibility index (Phi) is 5.57. The molecular formula is C12H18N2O4. The van der Waals surface area contributed by atoms with Gasteiger partial charge in [-0.1, -0.05) is 6.07 Å². The summed E-state index contributed by atoms with van der Waals surface area (Å²) in [6.45, 7) is -0.208. The summed E-state index contributed by atoms with van der Waals surface area (Å²) in [5.74, 6) is 0.160. The van der Waals surface area contributed by atoms with Crippen molar-refractivity contribution in [3.05, 3.63) is 29.3 Å². The summed E-state index contributed by atoms with van der Waals surface area (Å²) < 4.78 is 5.12. The number of amides is 1. The maximum atomic E-state index is 11.0. The van der Waals surface area contributed by atoms with Crippen LogP contribution in [0, 0.1) is 0 Å². The van der Waals surface area contributed by atoms with Gasteiger partial charge in [0.25, 0.3) is 0 Å². The SMILES string of the molecule is COc1ccc(CO)cc1C(O)CNC(=O)CN. The fourth-order valence-electron chi connectivity index (χ4n) is 1.54. The maximum Gasteiger partial charge on any atom is 0.233 e. The number of ether oxygens (including phenoxy) is 1. The van der Waals surface area contributed by atoms with E-state index in [1.165, 1.54) is 7.11 Å². The third-order valence-electron chi connectivity index (χ3n) is 2.51. The summed E-state index contributed by atoms with van der Waals surface area (Å²) >= 11 is 0. The Morgan fingerprint density at radius 3 is 2.83 bits per heavy atom. The molecule has 0 heterocycles. The van der Waals surface area contributed by atoms with Gasteiger partial charge in [-0.25, -0.2) is 0 Å². The second-order valence-corrected chi connectivity index (χ2v) is 3.76. The van der Waals surface area contributed by atoms with E-state index in [-0.39, 0.29) is 25.6 Å². The molecule has 18 heavy (non-hydrogen) atoms. The molecule has 1 rings (SSSR count). The van der Waals surface area contributed by atoms with Crippen LogP contribution in [0.4, 0.5) is 0 Å². The molecule has 1 aromatic carbocycles. The number of rotatable bonds is 6. The van der Waals surface area contributed by atoms with E-state index in [0.29, 0.717) is 16.9 Å². The van der Waals surface area contributed by atoms with Gasteiger partial charge in [-0.15, -0.1) is 0 Å². The Morgan fingerprint density at radius 1 is 1.56 bits per heavy atom. The lowest BCUT2D eigenvalue weighted by molar-refractivity contribution is -0.120. The van der Waals surface area contributed by atoms with Gasteiger partial charge >= 0.3 is 0 Å². The summed E-state index contributed by atoms with van der Waals surface area (Å²) in [5, 5.41) is 21.5. The first-order chi connectivity index (χ1) is 8.62. The molecule has 1 aromatic rings. The number of aliphatic hydroxyl groups is 2. The van der Waals surface area contributed by atoms with Crippen LogP contribution in [-0.4, -0.2) is 36.3 Å². The molecule has 0 radical (unpaired) electrons. The molecule has 0 aliphatic heterocycles. The van der Waals surface area contributed by atoms with Crippen LogP contribution < -0.4 is 15.8 Å². The number of hydrogen-bond acceptors (Lipinski definition) is 5. The third kappa shape index (κ3) is 3.69. The van der Waals surface area contributed by atoms with E-state index >= 15 is 0 Å². The number of benzene rings is 1. The lowest BCUT2D eigenvalue weighted by Crippen LogP contribution is -2.33. The standard InChI is InChI=1S/C12H18N2O4/c1-18-11-3-2-8(7-15)4-9(11)10(16)6-14-12(17)5-13/h2-4,10,15-16H,5-7,13H2,1H3,(H,14,17). The van der Waals surface area contributed by atoms with Crippen LogP contribution in [0.1, 0.15) is 17.2 Å². The molecule has 0 bridgehead atoms. The van der Waals surface area contributed by atoms with Crippen molar-refractivity contribution in [3.8, 4) is 5.75 Å². The molecule has 1 atom stereocenters. The van der Waals surface area contributed by atoms with Gasteiger partial charge in [0, 0.05) is 12.1 Å². The van der Waals surface area contributed by atoms with Gasteiger partial charge in [0.05, 0.1) is 26.4 Å². The van der Waals surface area contributed by atoms with Crippen molar-refractivity contribution in [1.29, 1.82) is 0 Å². The fraction of sp³-hybridized carbons (Fsp3) is 0.417. The molecule has 6 nitrogen and oxygen atoms in total. The highest BCUT2D eigenvalue weighted by Crippen LogP contribution is 2.26. The van der Waals surface area contributed by atoms with Crippen LogP contribution >= 0.6 is 0 Å². The molecule has 0 aromatic heterocycles. The largest absolute Gasteiger partial charge is 0.496 e. The van der Waals surface area contributed by atoms with Gasteiger partial charge in [0.15, 0.2) is 0 Å². The number of nitrogens with one attached hydrogen (secondary N) is 1. The molecule has 5 N–H and O–H groups in total. The summed E-state index contributed by atoms with van der Waals surface area (Å²) in [6.07, 6.45) is -0.915. The second-order valence-electron chi connectivity index (χ2n) is 3.76. The van der Waals surface area contributed by atoms with Gasteiger partial charge in [0.1, 0.15) is 5.75 Å². The van der Waals surface area contributed by atoms with Crippen LogP contribution in [0.15, 0.2) is 18.2 Å². The molecule has 0 saturated heterocycles. The Hall–Kier alpha value is -1.63. The van der Waals surface area contributed by atoms with Crippen molar-refractivity contribution in [2.45, 2.75) is 12.7 Å². The van der Waals surface area contributed by atoms with Crippen molar-refractivity contribution in [3.63, 3.8) is 0 Å². The average molecular weight is 254 g/mol. The van der Waals surface area contributed by atoms with Gasteiger partial charge in [-0.3, -0.25) is 4.79 Å². The van der Waals surface area contributed by atoms with Crippen LogP contribution in [0.2, 0.25) is 0 Å². The molecule has 1 unspecified atom stereocenters. The van der Waals surface area contributed by atoms with E-state index in [1.807, 2.05) is 0 Å². The van der Waals surface area contributed by atoms with Crippen molar-refractivity contribution in [1.82, 2.24) is 5.32 Å².